The van der Waals surface area contributed by atoms with Gasteiger partial charge in [-0.25, -0.2) is 0 Å². The first-order chi connectivity index (χ1) is 6.97. The van der Waals surface area contributed by atoms with E-state index < -0.39 is 5.09 Å². The molecular weight excluding hydrogens is 342 g/mol. The zero-order chi connectivity index (χ0) is 13.7. The van der Waals surface area contributed by atoms with Gasteiger partial charge in [0, 0.05) is 0 Å². The minimum absolute atomic E-state index is 0. The molecule has 0 aliphatic carbocycles. The van der Waals surface area contributed by atoms with E-state index in [1.165, 1.54) is 0 Å². The van der Waals surface area contributed by atoms with E-state index in [1.807, 2.05) is 0 Å². The fraction of sp³-hybridized carbons (Fsp3) is 0. The minimum atomic E-state index is -1.50. The van der Waals surface area contributed by atoms with Crippen LogP contribution >= 0.6 is 0 Å². The Balaban J connectivity index is -0.00000000905. The second-order valence-electron chi connectivity index (χ2n) is 0.461. The van der Waals surface area contributed by atoms with Gasteiger partial charge in [0.1, 0.15) is 0 Å². The molecule has 0 unspecified atom stereocenters. The molecule has 18 heteroatoms. The second-order valence-corrected chi connectivity index (χ2v) is 0.461. The van der Waals surface area contributed by atoms with E-state index in [1.54, 1.807) is 0 Å². The van der Waals surface area contributed by atoms with Crippen LogP contribution in [0.3, 0.4) is 0 Å². The molecule has 111 valence electrons. The fourth-order valence-corrected chi connectivity index (χ4v) is 0. The zero-order valence-corrected chi connectivity index (χ0v) is 12.8. The maximum atomic E-state index is 8.36. The Morgan fingerprint density at radius 1 is 0.944 bits per heavy atom. The molecule has 0 saturated carbocycles. The number of hydrogen-bond acceptors (Lipinski definition) is 14. The number of nitrogens with zero attached hydrogens (tertiary/aromatic N) is 4. The van der Waals surface area contributed by atoms with Gasteiger partial charge in [0.05, 0.1) is 0 Å². The molecule has 0 aromatic rings. The van der Waals surface area contributed by atoms with Crippen molar-refractivity contribution in [1.29, 1.82) is 0 Å². The Morgan fingerprint density at radius 2 is 0.944 bits per heavy atom. The van der Waals surface area contributed by atoms with Crippen LogP contribution in [0.15, 0.2) is 16.0 Å². The molecule has 7 N–H and O–H groups in total. The van der Waals surface area contributed by atoms with Crippen molar-refractivity contribution in [3.8, 4) is 0 Å². The third-order valence-electron chi connectivity index (χ3n) is 0. The van der Waals surface area contributed by atoms with Crippen molar-refractivity contribution in [1.82, 2.24) is 12.3 Å². The first-order valence-electron chi connectivity index (χ1n) is 1.80. The van der Waals surface area contributed by atoms with Crippen LogP contribution in [-0.4, -0.2) is 10.3 Å². The van der Waals surface area contributed by atoms with Crippen LogP contribution in [0.1, 0.15) is 1.43 Å². The molecule has 0 aromatic carbocycles. The van der Waals surface area contributed by atoms with Crippen molar-refractivity contribution in [2.45, 2.75) is 0 Å². The average Bonchev–Trinajstić information content (AvgIpc) is 2.09. The van der Waals surface area contributed by atoms with Gasteiger partial charge < -0.3 is 49.3 Å². The number of hydrogen-bond donors (Lipinski definition) is 3. The molecule has 18 heavy (non-hydrogen) atoms. The van der Waals surface area contributed by atoms with Crippen LogP contribution in [0.4, 0.5) is 0 Å². The van der Waals surface area contributed by atoms with Gasteiger partial charge >= 0.3 is 70.9 Å². The van der Waals surface area contributed by atoms with Gasteiger partial charge in [-0.1, -0.05) is 0 Å². The van der Waals surface area contributed by atoms with Crippen LogP contribution in [0.25, 0.3) is 0 Å². The predicted molar refractivity (Wildman–Crippen MR) is 48.1 cm³/mol. The molecule has 0 saturated heterocycles. The summed E-state index contributed by atoms with van der Waals surface area (Å²) in [5, 5.41) is 40.6. The van der Waals surface area contributed by atoms with Crippen molar-refractivity contribution in [2.24, 2.45) is 16.0 Å². The van der Waals surface area contributed by atoms with Gasteiger partial charge in [0.15, 0.2) is 0 Å². The first-order valence-corrected chi connectivity index (χ1v) is 2.22. The number of rotatable bonds is 0. The molecular formula is H8CoKN6O10-3. The molecule has 0 aliphatic rings. The van der Waals surface area contributed by atoms with Crippen molar-refractivity contribution in [3.05, 3.63) is 40.5 Å². The molecule has 0 radical (unpaired) electrons. The predicted octanol–water partition coefficient (Wildman–Crippen LogP) is -2.28. The van der Waals surface area contributed by atoms with E-state index in [9.17, 15) is 0 Å². The van der Waals surface area contributed by atoms with E-state index in [-0.39, 0.29) is 65.1 Å². The van der Waals surface area contributed by atoms with E-state index in [4.69, 9.17) is 49.5 Å². The van der Waals surface area contributed by atoms with Gasteiger partial charge in [-0.05, 0) is 0 Å². The van der Waals surface area contributed by atoms with Gasteiger partial charge in [-0.2, -0.15) is 0 Å². The zero-order valence-electron chi connectivity index (χ0n) is 9.66. The third-order valence-corrected chi connectivity index (χ3v) is 0. The molecule has 0 amide bonds. The Kier molecular flexibility index (Phi) is 404. The Hall–Kier alpha value is -0.737. The molecule has 0 spiro atoms. The molecule has 0 heterocycles. The summed E-state index contributed by atoms with van der Waals surface area (Å²) < 4.78 is 7.94. The second kappa shape index (κ2) is 137. The molecule has 0 aliphatic heterocycles. The molecule has 0 rings (SSSR count). The van der Waals surface area contributed by atoms with Crippen molar-refractivity contribution in [2.75, 3.05) is 0 Å². The van der Waals surface area contributed by atoms with Crippen molar-refractivity contribution >= 4 is 0 Å². The van der Waals surface area contributed by atoms with E-state index >= 15 is 0 Å². The summed E-state index contributed by atoms with van der Waals surface area (Å²) in [6.45, 7) is 0. The monoisotopic (exact) mass is 350 g/mol. The molecule has 0 fully saturated rings. The first kappa shape index (κ1) is 53.2. The van der Waals surface area contributed by atoms with E-state index in [2.05, 4.69) is 15.7 Å². The summed E-state index contributed by atoms with van der Waals surface area (Å²) in [7, 11) is 0. The Labute approximate surface area is 150 Å². The summed E-state index contributed by atoms with van der Waals surface area (Å²) in [6, 6.07) is 0. The SMILES string of the molecule is N.N.O=N[O-].O=N[O-].O=N[O-].O=[N+]([O-])O.[H-].[K+].[O]=[Co]. The summed E-state index contributed by atoms with van der Waals surface area (Å²) in [6.07, 6.45) is 0. The quantitative estimate of drug-likeness (QED) is 0.180. The fourth-order valence-electron chi connectivity index (χ4n) is 0. The summed E-state index contributed by atoms with van der Waals surface area (Å²) in [5.41, 5.74) is 0. The molecule has 0 bridgehead atoms. The molecule has 0 aromatic heterocycles. The third kappa shape index (κ3) is 5710. The standard InChI is InChI=1S/Co.K.HNO3.3HNO2.2H3N.O.H/c;;2-1(3)4;3*2-1-3;;;;/h;;(H,2,3,4);3*(H,2,3);2*1H3;;/q;+1;;;;;;;;-1/p-3. The van der Waals surface area contributed by atoms with E-state index in [0.29, 0.717) is 0 Å². The normalized spacial score (nSPS) is 3.61. The van der Waals surface area contributed by atoms with E-state index in [0.717, 1.165) is 16.0 Å². The van der Waals surface area contributed by atoms with Crippen molar-refractivity contribution in [3.63, 3.8) is 0 Å². The van der Waals surface area contributed by atoms with Crippen molar-refractivity contribution < 1.29 is 82.6 Å². The summed E-state index contributed by atoms with van der Waals surface area (Å²) in [5.74, 6) is 0. The summed E-state index contributed by atoms with van der Waals surface area (Å²) in [4.78, 5) is 32.4. The molecule has 16 nitrogen and oxygen atoms in total. The average molecular weight is 350 g/mol. The van der Waals surface area contributed by atoms with Gasteiger partial charge in [-0.3, -0.25) is 0 Å². The van der Waals surface area contributed by atoms with Gasteiger partial charge in [-0.15, -0.1) is 26.1 Å². The van der Waals surface area contributed by atoms with Gasteiger partial charge in [0.2, 0.25) is 0 Å². The van der Waals surface area contributed by atoms with Crippen LogP contribution in [0.2, 0.25) is 0 Å². The van der Waals surface area contributed by atoms with Crippen LogP contribution in [-0.2, 0) is 19.5 Å². The Bertz CT molecular complexity index is 132. The molecule has 0 atom stereocenters. The maximum absolute atomic E-state index is 8.36. The van der Waals surface area contributed by atoms with Crippen LogP contribution in [0, 0.1) is 40.5 Å². The Morgan fingerprint density at radius 3 is 0.944 bits per heavy atom. The van der Waals surface area contributed by atoms with Crippen LogP contribution in [0.5, 0.6) is 0 Å². The van der Waals surface area contributed by atoms with Gasteiger partial charge in [0.25, 0.3) is 5.09 Å². The van der Waals surface area contributed by atoms with Crippen LogP contribution < -0.4 is 63.7 Å². The summed E-state index contributed by atoms with van der Waals surface area (Å²) >= 11 is 2.31. The topological polar surface area (TPSA) is 308 Å².